The molecular weight excluding hydrogens is 363 g/mol. The third-order valence-corrected chi connectivity index (χ3v) is 3.46. The van der Waals surface area contributed by atoms with E-state index in [-0.39, 0.29) is 24.0 Å². The van der Waals surface area contributed by atoms with Crippen LogP contribution in [0.5, 0.6) is 11.5 Å². The number of hydrogen-bond donors (Lipinski definition) is 1. The van der Waals surface area contributed by atoms with Crippen LogP contribution in [-0.2, 0) is 6.54 Å². The second kappa shape index (κ2) is 8.17. The summed E-state index contributed by atoms with van der Waals surface area (Å²) in [6, 6.07) is 8.90. The van der Waals surface area contributed by atoms with Gasteiger partial charge in [0.1, 0.15) is 0 Å². The Balaban J connectivity index is 2.07. The summed E-state index contributed by atoms with van der Waals surface area (Å²) in [7, 11) is 1.34. The van der Waals surface area contributed by atoms with Crippen molar-refractivity contribution in [1.82, 2.24) is 5.32 Å². The predicted molar refractivity (Wildman–Crippen MR) is 87.3 cm³/mol. The van der Waals surface area contributed by atoms with Gasteiger partial charge in [-0.15, -0.1) is 0 Å². The highest BCUT2D eigenvalue weighted by molar-refractivity contribution is 6.35. The van der Waals surface area contributed by atoms with Crippen molar-refractivity contribution in [3.8, 4) is 11.5 Å². The van der Waals surface area contributed by atoms with Gasteiger partial charge in [0.2, 0.25) is 0 Å². The van der Waals surface area contributed by atoms with Crippen LogP contribution in [0.2, 0.25) is 10.0 Å². The van der Waals surface area contributed by atoms with E-state index in [0.29, 0.717) is 21.2 Å². The molecule has 0 spiro atoms. The van der Waals surface area contributed by atoms with E-state index in [1.807, 2.05) is 0 Å². The number of rotatable bonds is 6. The molecule has 8 heteroatoms. The Kier molecular flexibility index (Phi) is 6.23. The number of benzene rings is 2. The van der Waals surface area contributed by atoms with Crippen molar-refractivity contribution in [2.45, 2.75) is 13.2 Å². The molecule has 0 aromatic heterocycles. The van der Waals surface area contributed by atoms with Gasteiger partial charge in [-0.2, -0.15) is 8.78 Å². The summed E-state index contributed by atoms with van der Waals surface area (Å²) in [4.78, 5) is 12.1. The molecule has 0 atom stereocenters. The van der Waals surface area contributed by atoms with Crippen LogP contribution in [0.1, 0.15) is 15.9 Å². The number of amides is 1. The zero-order valence-corrected chi connectivity index (χ0v) is 14.0. The Labute approximate surface area is 147 Å². The Morgan fingerprint density at radius 2 is 1.79 bits per heavy atom. The van der Waals surface area contributed by atoms with Crippen LogP contribution >= 0.6 is 23.2 Å². The lowest BCUT2D eigenvalue weighted by atomic mass is 10.1. The molecule has 24 heavy (non-hydrogen) atoms. The zero-order valence-electron chi connectivity index (χ0n) is 12.5. The zero-order chi connectivity index (χ0) is 17.7. The van der Waals surface area contributed by atoms with Gasteiger partial charge in [0.05, 0.1) is 7.11 Å². The predicted octanol–water partition coefficient (Wildman–Crippen LogP) is 4.53. The lowest BCUT2D eigenvalue weighted by Gasteiger charge is -2.12. The Morgan fingerprint density at radius 3 is 2.38 bits per heavy atom. The molecule has 128 valence electrons. The smallest absolute Gasteiger partial charge is 0.387 e. The van der Waals surface area contributed by atoms with Crippen molar-refractivity contribution in [3.63, 3.8) is 0 Å². The molecule has 1 N–H and O–H groups in total. The average Bonchev–Trinajstić information content (AvgIpc) is 2.52. The highest BCUT2D eigenvalue weighted by Gasteiger charge is 2.12. The summed E-state index contributed by atoms with van der Waals surface area (Å²) in [5.41, 5.74) is 0.965. The number of methoxy groups -OCH3 is 1. The van der Waals surface area contributed by atoms with Crippen molar-refractivity contribution in [2.24, 2.45) is 0 Å². The molecule has 0 aliphatic carbocycles. The lowest BCUT2D eigenvalue weighted by molar-refractivity contribution is -0.0512. The molecule has 4 nitrogen and oxygen atoms in total. The minimum atomic E-state index is -2.95. The Morgan fingerprint density at radius 1 is 1.12 bits per heavy atom. The van der Waals surface area contributed by atoms with Crippen LogP contribution in [0.15, 0.2) is 36.4 Å². The number of nitrogens with one attached hydrogen (secondary N) is 1. The molecule has 0 saturated carbocycles. The van der Waals surface area contributed by atoms with E-state index in [1.54, 1.807) is 6.07 Å². The molecule has 1 amide bonds. The van der Waals surface area contributed by atoms with E-state index in [9.17, 15) is 13.6 Å². The quantitative estimate of drug-likeness (QED) is 0.806. The minimum Gasteiger partial charge on any atom is -0.493 e. The van der Waals surface area contributed by atoms with Gasteiger partial charge in [-0.05, 0) is 35.9 Å². The van der Waals surface area contributed by atoms with Crippen LogP contribution in [0, 0.1) is 0 Å². The molecule has 0 aliphatic rings. The van der Waals surface area contributed by atoms with Gasteiger partial charge >= 0.3 is 6.61 Å². The summed E-state index contributed by atoms with van der Waals surface area (Å²) in [6.45, 7) is -2.79. The number of hydrogen-bond acceptors (Lipinski definition) is 3. The van der Waals surface area contributed by atoms with Gasteiger partial charge in [0.25, 0.3) is 5.91 Å². The first-order valence-electron chi connectivity index (χ1n) is 6.75. The third kappa shape index (κ3) is 4.97. The molecule has 2 aromatic carbocycles. The van der Waals surface area contributed by atoms with E-state index in [2.05, 4.69) is 10.1 Å². The number of carbonyl (C=O) groups excluding carboxylic acids is 1. The molecule has 0 radical (unpaired) electrons. The van der Waals surface area contributed by atoms with E-state index in [1.165, 1.54) is 37.4 Å². The summed E-state index contributed by atoms with van der Waals surface area (Å²) in [5.74, 6) is -0.302. The van der Waals surface area contributed by atoms with Crippen molar-refractivity contribution >= 4 is 29.1 Å². The molecule has 2 aromatic rings. The first-order chi connectivity index (χ1) is 11.4. The molecule has 0 unspecified atom stereocenters. The summed E-state index contributed by atoms with van der Waals surface area (Å²) in [5, 5.41) is 3.38. The molecule has 2 rings (SSSR count). The number of ether oxygens (including phenoxy) is 2. The van der Waals surface area contributed by atoms with Crippen LogP contribution in [0.3, 0.4) is 0 Å². The summed E-state index contributed by atoms with van der Waals surface area (Å²) >= 11 is 11.7. The van der Waals surface area contributed by atoms with Gasteiger partial charge < -0.3 is 14.8 Å². The molecule has 0 fully saturated rings. The minimum absolute atomic E-state index is 0.0794. The normalized spacial score (nSPS) is 10.6. The fourth-order valence-electron chi connectivity index (χ4n) is 1.98. The fraction of sp³-hybridized carbons (Fsp3) is 0.188. The molecule has 0 saturated heterocycles. The number of carbonyl (C=O) groups is 1. The van der Waals surface area contributed by atoms with Gasteiger partial charge in [0.15, 0.2) is 11.5 Å². The van der Waals surface area contributed by atoms with E-state index in [4.69, 9.17) is 27.9 Å². The summed E-state index contributed by atoms with van der Waals surface area (Å²) < 4.78 is 33.9. The van der Waals surface area contributed by atoms with Crippen LogP contribution < -0.4 is 14.8 Å². The van der Waals surface area contributed by atoms with E-state index < -0.39 is 6.61 Å². The van der Waals surface area contributed by atoms with E-state index in [0.717, 1.165) is 0 Å². The second-order valence-corrected chi connectivity index (χ2v) is 5.58. The first kappa shape index (κ1) is 18.3. The van der Waals surface area contributed by atoms with Gasteiger partial charge in [-0.1, -0.05) is 29.3 Å². The van der Waals surface area contributed by atoms with Crippen LogP contribution in [0.4, 0.5) is 8.78 Å². The Hall–Kier alpha value is -2.05. The fourth-order valence-corrected chi connectivity index (χ4v) is 2.51. The maximum Gasteiger partial charge on any atom is 0.387 e. The Bertz CT molecular complexity index is 721. The average molecular weight is 376 g/mol. The maximum absolute atomic E-state index is 12.3. The maximum atomic E-state index is 12.3. The molecule has 0 heterocycles. The topological polar surface area (TPSA) is 47.6 Å². The molecule has 0 aliphatic heterocycles. The number of halogens is 4. The van der Waals surface area contributed by atoms with Crippen LogP contribution in [-0.4, -0.2) is 19.6 Å². The largest absolute Gasteiger partial charge is 0.493 e. The summed E-state index contributed by atoms with van der Waals surface area (Å²) in [6.07, 6.45) is 0. The van der Waals surface area contributed by atoms with Crippen LogP contribution in [0.25, 0.3) is 0 Å². The number of alkyl halides is 2. The molecular formula is C16H13Cl2F2NO3. The van der Waals surface area contributed by atoms with Crippen molar-refractivity contribution in [1.29, 1.82) is 0 Å². The van der Waals surface area contributed by atoms with Crippen molar-refractivity contribution < 1.29 is 23.0 Å². The van der Waals surface area contributed by atoms with Gasteiger partial charge in [-0.3, -0.25) is 4.79 Å². The standard InChI is InChI=1S/C16H13Cl2F2NO3/c1-23-14-4-9(2-3-13(14)24-16(19)20)8-21-15(22)10-5-11(17)7-12(18)6-10/h2-7,16H,8H2,1H3,(H,21,22). The highest BCUT2D eigenvalue weighted by Crippen LogP contribution is 2.29. The van der Waals surface area contributed by atoms with Gasteiger partial charge in [0, 0.05) is 22.2 Å². The van der Waals surface area contributed by atoms with Crippen molar-refractivity contribution in [3.05, 3.63) is 57.6 Å². The monoisotopic (exact) mass is 375 g/mol. The van der Waals surface area contributed by atoms with E-state index >= 15 is 0 Å². The first-order valence-corrected chi connectivity index (χ1v) is 7.50. The van der Waals surface area contributed by atoms with Crippen molar-refractivity contribution in [2.75, 3.05) is 7.11 Å². The third-order valence-electron chi connectivity index (χ3n) is 3.02. The second-order valence-electron chi connectivity index (χ2n) is 4.70. The van der Waals surface area contributed by atoms with Gasteiger partial charge in [-0.25, -0.2) is 0 Å². The lowest BCUT2D eigenvalue weighted by Crippen LogP contribution is -2.22. The highest BCUT2D eigenvalue weighted by atomic mass is 35.5. The molecule has 0 bridgehead atoms. The SMILES string of the molecule is COc1cc(CNC(=O)c2cc(Cl)cc(Cl)c2)ccc1OC(F)F.